The Hall–Kier alpha value is -2.70. The lowest BCUT2D eigenvalue weighted by Crippen LogP contribution is -2.49. The number of hydrogen-bond donors (Lipinski definition) is 0. The third kappa shape index (κ3) is 4.36. The van der Waals surface area contributed by atoms with Gasteiger partial charge in [-0.3, -0.25) is 4.79 Å². The first-order valence-corrected chi connectivity index (χ1v) is 10.9. The molecule has 0 radical (unpaired) electrons. The predicted molar refractivity (Wildman–Crippen MR) is 124 cm³/mol. The summed E-state index contributed by atoms with van der Waals surface area (Å²) >= 11 is 12.9. The number of aromatic nitrogens is 2. The van der Waals surface area contributed by atoms with E-state index in [9.17, 15) is 4.79 Å². The van der Waals surface area contributed by atoms with Crippen LogP contribution < -0.4 is 9.64 Å². The number of carbonyl (C=O) groups excluding carboxylic acids is 1. The van der Waals surface area contributed by atoms with Gasteiger partial charge in [-0.15, -0.1) is 0 Å². The van der Waals surface area contributed by atoms with Gasteiger partial charge in [0.25, 0.3) is 5.91 Å². The minimum absolute atomic E-state index is 0.0902. The van der Waals surface area contributed by atoms with Crippen molar-refractivity contribution in [3.8, 4) is 5.75 Å². The average molecular weight is 459 g/mol. The standard InChI is InChI=1S/C23H24Cl2N4O2/c1-16-21(22(25)29(26-16)15-17-7-3-4-8-18(17)24)23(30)28-13-11-27(12-14-28)19-9-5-6-10-20(19)31-2/h3-10H,11-15H2,1-2H3. The van der Waals surface area contributed by atoms with Crippen LogP contribution >= 0.6 is 23.2 Å². The number of hydrogen-bond acceptors (Lipinski definition) is 4. The number of methoxy groups -OCH3 is 1. The summed E-state index contributed by atoms with van der Waals surface area (Å²) in [6, 6.07) is 15.5. The molecule has 0 N–H and O–H groups in total. The Kier molecular flexibility index (Phi) is 6.39. The molecule has 1 aliphatic rings. The Morgan fingerprint density at radius 2 is 1.71 bits per heavy atom. The van der Waals surface area contributed by atoms with E-state index in [1.54, 1.807) is 11.8 Å². The summed E-state index contributed by atoms with van der Waals surface area (Å²) in [6.45, 7) is 4.86. The molecular weight excluding hydrogens is 435 g/mol. The number of nitrogens with zero attached hydrogens (tertiary/aromatic N) is 4. The molecule has 2 aromatic carbocycles. The predicted octanol–water partition coefficient (Wildman–Crippen LogP) is 4.52. The van der Waals surface area contributed by atoms with Crippen molar-refractivity contribution >= 4 is 34.8 Å². The zero-order valence-electron chi connectivity index (χ0n) is 17.5. The first-order chi connectivity index (χ1) is 15.0. The summed E-state index contributed by atoms with van der Waals surface area (Å²) in [5.41, 5.74) is 3.02. The fourth-order valence-electron chi connectivity index (χ4n) is 3.89. The molecule has 162 valence electrons. The van der Waals surface area contributed by atoms with Gasteiger partial charge in [0, 0.05) is 31.2 Å². The Bertz CT molecular complexity index is 1090. The lowest BCUT2D eigenvalue weighted by Gasteiger charge is -2.36. The average Bonchev–Trinajstić information content (AvgIpc) is 3.07. The number of ether oxygens (including phenoxy) is 1. The minimum atomic E-state index is -0.0902. The maximum atomic E-state index is 13.3. The number of benzene rings is 2. The molecule has 6 nitrogen and oxygen atoms in total. The van der Waals surface area contributed by atoms with Crippen LogP contribution in [0.2, 0.25) is 10.2 Å². The molecule has 0 spiro atoms. The van der Waals surface area contributed by atoms with E-state index in [0.29, 0.717) is 41.1 Å². The second-order valence-electron chi connectivity index (χ2n) is 7.45. The van der Waals surface area contributed by atoms with Gasteiger partial charge in [-0.1, -0.05) is 53.5 Å². The van der Waals surface area contributed by atoms with Gasteiger partial charge in [-0.05, 0) is 30.7 Å². The molecule has 2 heterocycles. The van der Waals surface area contributed by atoms with Crippen molar-refractivity contribution in [1.29, 1.82) is 0 Å². The zero-order valence-corrected chi connectivity index (χ0v) is 19.0. The summed E-state index contributed by atoms with van der Waals surface area (Å²) in [6.07, 6.45) is 0. The van der Waals surface area contributed by atoms with Gasteiger partial charge in [0.2, 0.25) is 0 Å². The fraction of sp³-hybridized carbons (Fsp3) is 0.304. The van der Waals surface area contributed by atoms with Crippen LogP contribution in [0.1, 0.15) is 21.6 Å². The maximum absolute atomic E-state index is 13.3. The van der Waals surface area contributed by atoms with Crippen molar-refractivity contribution < 1.29 is 9.53 Å². The van der Waals surface area contributed by atoms with Crippen LogP contribution in [0.25, 0.3) is 0 Å². The molecule has 1 fully saturated rings. The number of halogens is 2. The first-order valence-electron chi connectivity index (χ1n) is 10.1. The molecule has 8 heteroatoms. The lowest BCUT2D eigenvalue weighted by molar-refractivity contribution is 0.0746. The highest BCUT2D eigenvalue weighted by Gasteiger charge is 2.28. The van der Waals surface area contributed by atoms with E-state index in [0.717, 1.165) is 30.1 Å². The SMILES string of the molecule is COc1ccccc1N1CCN(C(=O)c2c(C)nn(Cc3ccccc3Cl)c2Cl)CC1. The summed E-state index contributed by atoms with van der Waals surface area (Å²) in [5.74, 6) is 0.745. The molecular formula is C23H24Cl2N4O2. The van der Waals surface area contributed by atoms with Crippen molar-refractivity contribution in [2.75, 3.05) is 38.2 Å². The summed E-state index contributed by atoms with van der Waals surface area (Å²) in [5, 5.41) is 5.49. The van der Waals surface area contributed by atoms with Gasteiger partial charge in [0.15, 0.2) is 0 Å². The molecule has 1 amide bonds. The normalized spacial score (nSPS) is 14.1. The summed E-state index contributed by atoms with van der Waals surface area (Å²) in [4.78, 5) is 17.3. The molecule has 1 saturated heterocycles. The van der Waals surface area contributed by atoms with Gasteiger partial charge in [0.1, 0.15) is 10.9 Å². The minimum Gasteiger partial charge on any atom is -0.495 e. The van der Waals surface area contributed by atoms with E-state index < -0.39 is 0 Å². The molecule has 31 heavy (non-hydrogen) atoms. The molecule has 0 atom stereocenters. The second kappa shape index (κ2) is 9.20. The summed E-state index contributed by atoms with van der Waals surface area (Å²) < 4.78 is 7.11. The van der Waals surface area contributed by atoms with E-state index in [1.165, 1.54) is 0 Å². The Balaban J connectivity index is 1.48. The van der Waals surface area contributed by atoms with Crippen LogP contribution in [0.15, 0.2) is 48.5 Å². The third-order valence-corrected chi connectivity index (χ3v) is 6.30. The van der Waals surface area contributed by atoms with Crippen LogP contribution in [0.3, 0.4) is 0 Å². The van der Waals surface area contributed by atoms with Crippen LogP contribution in [0.4, 0.5) is 5.69 Å². The van der Waals surface area contributed by atoms with Crippen molar-refractivity contribution in [2.24, 2.45) is 0 Å². The molecule has 3 aromatic rings. The van der Waals surface area contributed by atoms with E-state index in [2.05, 4.69) is 10.00 Å². The number of anilines is 1. The third-order valence-electron chi connectivity index (χ3n) is 5.55. The smallest absolute Gasteiger partial charge is 0.259 e. The van der Waals surface area contributed by atoms with Crippen molar-refractivity contribution in [3.05, 3.63) is 75.5 Å². The quantitative estimate of drug-likeness (QED) is 0.563. The number of piperazine rings is 1. The van der Waals surface area contributed by atoms with Crippen LogP contribution in [0.5, 0.6) is 5.75 Å². The number of para-hydroxylation sites is 2. The van der Waals surface area contributed by atoms with Crippen LogP contribution in [-0.4, -0.2) is 53.9 Å². The lowest BCUT2D eigenvalue weighted by atomic mass is 10.2. The number of aryl methyl sites for hydroxylation is 1. The Morgan fingerprint density at radius 1 is 1.03 bits per heavy atom. The largest absolute Gasteiger partial charge is 0.495 e. The molecule has 0 unspecified atom stereocenters. The number of rotatable bonds is 5. The molecule has 0 saturated carbocycles. The van der Waals surface area contributed by atoms with Gasteiger partial charge >= 0.3 is 0 Å². The summed E-state index contributed by atoms with van der Waals surface area (Å²) in [7, 11) is 1.67. The molecule has 0 bridgehead atoms. The monoisotopic (exact) mass is 458 g/mol. The van der Waals surface area contributed by atoms with Crippen LogP contribution in [0, 0.1) is 6.92 Å². The zero-order chi connectivity index (χ0) is 22.0. The molecule has 4 rings (SSSR count). The van der Waals surface area contributed by atoms with Crippen molar-refractivity contribution in [1.82, 2.24) is 14.7 Å². The molecule has 1 aromatic heterocycles. The highest BCUT2D eigenvalue weighted by Crippen LogP contribution is 2.29. The maximum Gasteiger partial charge on any atom is 0.259 e. The topological polar surface area (TPSA) is 50.6 Å². The Morgan fingerprint density at radius 3 is 2.42 bits per heavy atom. The second-order valence-corrected chi connectivity index (χ2v) is 8.22. The van der Waals surface area contributed by atoms with Gasteiger partial charge in [-0.2, -0.15) is 5.10 Å². The molecule has 0 aliphatic carbocycles. The van der Waals surface area contributed by atoms with Gasteiger partial charge in [0.05, 0.1) is 30.6 Å². The van der Waals surface area contributed by atoms with Crippen molar-refractivity contribution in [3.63, 3.8) is 0 Å². The fourth-order valence-corrected chi connectivity index (χ4v) is 4.40. The van der Waals surface area contributed by atoms with E-state index in [-0.39, 0.29) is 5.91 Å². The highest BCUT2D eigenvalue weighted by atomic mass is 35.5. The van der Waals surface area contributed by atoms with E-state index in [4.69, 9.17) is 27.9 Å². The first kappa shape index (κ1) is 21.5. The highest BCUT2D eigenvalue weighted by molar-refractivity contribution is 6.33. The number of amides is 1. The van der Waals surface area contributed by atoms with Gasteiger partial charge < -0.3 is 14.5 Å². The van der Waals surface area contributed by atoms with Crippen LogP contribution in [-0.2, 0) is 6.54 Å². The molecule has 1 aliphatic heterocycles. The number of carbonyl (C=O) groups is 1. The van der Waals surface area contributed by atoms with Crippen molar-refractivity contribution in [2.45, 2.75) is 13.5 Å². The van der Waals surface area contributed by atoms with E-state index >= 15 is 0 Å². The van der Waals surface area contributed by atoms with Gasteiger partial charge in [-0.25, -0.2) is 4.68 Å². The Labute approximate surface area is 191 Å². The van der Waals surface area contributed by atoms with E-state index in [1.807, 2.05) is 60.4 Å².